The van der Waals surface area contributed by atoms with Crippen LogP contribution < -0.4 is 10.1 Å². The zero-order valence-electron chi connectivity index (χ0n) is 16.7. The number of methoxy groups -OCH3 is 1. The maximum atomic E-state index is 12.5. The van der Waals surface area contributed by atoms with Gasteiger partial charge in [-0.05, 0) is 24.6 Å². The lowest BCUT2D eigenvalue weighted by molar-refractivity contribution is 0.0527. The molecule has 0 radical (unpaired) electrons. The third-order valence-electron chi connectivity index (χ3n) is 4.60. The summed E-state index contributed by atoms with van der Waals surface area (Å²) in [7, 11) is 1.59. The van der Waals surface area contributed by atoms with Crippen molar-refractivity contribution in [3.8, 4) is 16.3 Å². The topological polar surface area (TPSA) is 73.3 Å². The number of hydrogen-bond donors (Lipinski definition) is 1. The van der Waals surface area contributed by atoms with Crippen molar-refractivity contribution in [1.82, 2.24) is 9.97 Å². The van der Waals surface area contributed by atoms with Crippen LogP contribution in [0.5, 0.6) is 5.88 Å². The van der Waals surface area contributed by atoms with Crippen molar-refractivity contribution in [1.29, 1.82) is 0 Å². The highest BCUT2D eigenvalue weighted by atomic mass is 32.1. The zero-order chi connectivity index (χ0) is 20.9. The fraction of sp³-hybridized carbons (Fsp3) is 0.174. The predicted molar refractivity (Wildman–Crippen MR) is 119 cm³/mol. The number of nitrogens with zero attached hydrogens (tertiary/aromatic N) is 2. The monoisotopic (exact) mass is 419 g/mol. The molecule has 0 fully saturated rings. The molecule has 0 bridgehead atoms. The first-order valence-corrected chi connectivity index (χ1v) is 10.4. The van der Waals surface area contributed by atoms with Crippen molar-refractivity contribution < 1.29 is 14.3 Å². The van der Waals surface area contributed by atoms with E-state index in [0.29, 0.717) is 24.6 Å². The third kappa shape index (κ3) is 4.11. The number of pyridine rings is 2. The summed E-state index contributed by atoms with van der Waals surface area (Å²) in [5.41, 5.74) is 3.24. The van der Waals surface area contributed by atoms with Gasteiger partial charge in [-0.3, -0.25) is 0 Å². The summed E-state index contributed by atoms with van der Waals surface area (Å²) in [6, 6.07) is 15.9. The number of fused-ring (bicyclic) bond motifs is 1. The summed E-state index contributed by atoms with van der Waals surface area (Å²) in [6.07, 6.45) is 3.35. The fourth-order valence-corrected chi connectivity index (χ4v) is 4.12. The number of benzene rings is 1. The number of hydrogen-bond acceptors (Lipinski definition) is 7. The number of anilines is 1. The number of carbonyl (C=O) groups excluding carboxylic acids is 1. The molecule has 0 aliphatic rings. The van der Waals surface area contributed by atoms with Crippen molar-refractivity contribution >= 4 is 33.2 Å². The molecule has 1 aromatic carbocycles. The van der Waals surface area contributed by atoms with Crippen LogP contribution in [0.2, 0.25) is 0 Å². The van der Waals surface area contributed by atoms with Crippen molar-refractivity contribution in [3.05, 3.63) is 72.1 Å². The van der Waals surface area contributed by atoms with Crippen LogP contribution in [0.4, 0.5) is 5.69 Å². The lowest BCUT2D eigenvalue weighted by Gasteiger charge is -2.12. The van der Waals surface area contributed by atoms with Crippen LogP contribution in [0.25, 0.3) is 20.7 Å². The summed E-state index contributed by atoms with van der Waals surface area (Å²) < 4.78 is 10.4. The van der Waals surface area contributed by atoms with Gasteiger partial charge in [-0.15, -0.1) is 11.3 Å². The van der Waals surface area contributed by atoms with Crippen LogP contribution in [0.1, 0.15) is 22.8 Å². The van der Waals surface area contributed by atoms with Crippen molar-refractivity contribution in [2.75, 3.05) is 19.0 Å². The van der Waals surface area contributed by atoms with Gasteiger partial charge < -0.3 is 14.8 Å². The molecule has 152 valence electrons. The SMILES string of the molecule is CCOC(=O)c1cnc2sc(-c3ccc(OC)nc3)cc2c1NCc1ccccc1. The quantitative estimate of drug-likeness (QED) is 0.417. The highest BCUT2D eigenvalue weighted by Gasteiger charge is 2.19. The van der Waals surface area contributed by atoms with Gasteiger partial charge in [-0.25, -0.2) is 14.8 Å². The highest BCUT2D eigenvalue weighted by molar-refractivity contribution is 7.21. The van der Waals surface area contributed by atoms with Gasteiger partial charge in [0.05, 0.1) is 19.4 Å². The number of rotatable bonds is 7. The van der Waals surface area contributed by atoms with E-state index in [-0.39, 0.29) is 5.97 Å². The van der Waals surface area contributed by atoms with Crippen molar-refractivity contribution in [2.24, 2.45) is 0 Å². The average molecular weight is 420 g/mol. The molecular formula is C23H21N3O3S. The molecule has 4 rings (SSSR count). The third-order valence-corrected chi connectivity index (χ3v) is 5.69. The van der Waals surface area contributed by atoms with Gasteiger partial charge in [-0.2, -0.15) is 0 Å². The minimum absolute atomic E-state index is 0.307. The van der Waals surface area contributed by atoms with E-state index in [0.717, 1.165) is 31.9 Å². The zero-order valence-corrected chi connectivity index (χ0v) is 17.5. The summed E-state index contributed by atoms with van der Waals surface area (Å²) in [5.74, 6) is 0.175. The Bertz CT molecular complexity index is 1160. The van der Waals surface area contributed by atoms with Gasteiger partial charge in [0, 0.05) is 40.8 Å². The first kappa shape index (κ1) is 19.8. The van der Waals surface area contributed by atoms with Crippen LogP contribution in [0.15, 0.2) is 60.9 Å². The van der Waals surface area contributed by atoms with Crippen molar-refractivity contribution in [2.45, 2.75) is 13.5 Å². The molecule has 6 nitrogen and oxygen atoms in total. The highest BCUT2D eigenvalue weighted by Crippen LogP contribution is 2.38. The van der Waals surface area contributed by atoms with E-state index in [1.54, 1.807) is 37.8 Å². The van der Waals surface area contributed by atoms with Crippen molar-refractivity contribution in [3.63, 3.8) is 0 Å². The lowest BCUT2D eigenvalue weighted by Crippen LogP contribution is -2.10. The summed E-state index contributed by atoms with van der Waals surface area (Å²) in [5, 5.41) is 4.31. The Morgan fingerprint density at radius 1 is 1.10 bits per heavy atom. The molecule has 0 amide bonds. The Kier molecular flexibility index (Phi) is 5.90. The Hall–Kier alpha value is -3.45. The Balaban J connectivity index is 1.75. The maximum Gasteiger partial charge on any atom is 0.341 e. The van der Waals surface area contributed by atoms with Crippen LogP contribution in [-0.2, 0) is 11.3 Å². The smallest absolute Gasteiger partial charge is 0.341 e. The standard InChI is InChI=1S/C23H21N3O3S/c1-3-29-23(27)18-14-26-22-17(21(18)25-12-15-7-5-4-6-8-15)11-19(30-22)16-9-10-20(28-2)24-13-16/h4-11,13-14H,3,12H2,1-2H3,(H,25,26). The summed E-state index contributed by atoms with van der Waals surface area (Å²) in [6.45, 7) is 2.68. The van der Waals surface area contributed by atoms with Gasteiger partial charge >= 0.3 is 5.97 Å². The molecule has 30 heavy (non-hydrogen) atoms. The van der Waals surface area contributed by atoms with E-state index in [4.69, 9.17) is 9.47 Å². The first-order valence-electron chi connectivity index (χ1n) is 9.57. The summed E-state index contributed by atoms with van der Waals surface area (Å²) >= 11 is 1.55. The Morgan fingerprint density at radius 2 is 1.93 bits per heavy atom. The number of carbonyl (C=O) groups is 1. The molecule has 0 spiro atoms. The predicted octanol–water partition coefficient (Wildman–Crippen LogP) is 5.16. The normalized spacial score (nSPS) is 10.7. The molecule has 1 N–H and O–H groups in total. The van der Waals surface area contributed by atoms with Crippen LogP contribution in [0.3, 0.4) is 0 Å². The maximum absolute atomic E-state index is 12.5. The van der Waals surface area contributed by atoms with E-state index in [9.17, 15) is 4.79 Å². The van der Waals surface area contributed by atoms with E-state index < -0.39 is 0 Å². The average Bonchev–Trinajstić information content (AvgIpc) is 3.23. The first-order chi connectivity index (χ1) is 14.7. The number of esters is 1. The molecular weight excluding hydrogens is 398 g/mol. The van der Waals surface area contributed by atoms with Gasteiger partial charge in [0.15, 0.2) is 0 Å². The summed E-state index contributed by atoms with van der Waals surface area (Å²) in [4.78, 5) is 23.2. The fourth-order valence-electron chi connectivity index (χ4n) is 3.12. The molecule has 0 saturated heterocycles. The second-order valence-corrected chi connectivity index (χ2v) is 7.56. The van der Waals surface area contributed by atoms with Gasteiger partial charge in [0.25, 0.3) is 0 Å². The molecule has 0 aliphatic heterocycles. The number of aromatic nitrogens is 2. The van der Waals surface area contributed by atoms with E-state index in [1.807, 2.05) is 48.5 Å². The molecule has 0 atom stereocenters. The number of nitrogens with one attached hydrogen (secondary N) is 1. The van der Waals surface area contributed by atoms with Gasteiger partial charge in [0.2, 0.25) is 5.88 Å². The second-order valence-electron chi connectivity index (χ2n) is 6.53. The van der Waals surface area contributed by atoms with E-state index >= 15 is 0 Å². The van der Waals surface area contributed by atoms with E-state index in [2.05, 4.69) is 15.3 Å². The Morgan fingerprint density at radius 3 is 2.63 bits per heavy atom. The molecule has 7 heteroatoms. The molecule has 0 saturated carbocycles. The minimum Gasteiger partial charge on any atom is -0.481 e. The van der Waals surface area contributed by atoms with Crippen LogP contribution in [-0.4, -0.2) is 29.7 Å². The minimum atomic E-state index is -0.388. The Labute approximate surface area is 178 Å². The second kappa shape index (κ2) is 8.92. The van der Waals surface area contributed by atoms with Gasteiger partial charge in [0.1, 0.15) is 10.4 Å². The number of thiophene rings is 1. The largest absolute Gasteiger partial charge is 0.481 e. The van der Waals surface area contributed by atoms with Crippen LogP contribution in [0, 0.1) is 0 Å². The van der Waals surface area contributed by atoms with Gasteiger partial charge in [-0.1, -0.05) is 30.3 Å². The molecule has 3 aromatic heterocycles. The lowest BCUT2D eigenvalue weighted by atomic mass is 10.1. The molecule has 3 heterocycles. The molecule has 4 aromatic rings. The molecule has 0 unspecified atom stereocenters. The molecule has 0 aliphatic carbocycles. The van der Waals surface area contributed by atoms with E-state index in [1.165, 1.54) is 0 Å². The number of ether oxygens (including phenoxy) is 2. The van der Waals surface area contributed by atoms with Crippen LogP contribution >= 0.6 is 11.3 Å².